The maximum Gasteiger partial charge on any atom is 0.416 e. The van der Waals surface area contributed by atoms with Gasteiger partial charge in [0.2, 0.25) is 0 Å². The number of ether oxygens (including phenoxy) is 1. The smallest absolute Gasteiger partial charge is 0.381 e. The molecule has 9 heteroatoms. The first-order valence-electron chi connectivity index (χ1n) is 9.19. The number of anilines is 1. The summed E-state index contributed by atoms with van der Waals surface area (Å²) in [6.45, 7) is 4.60. The second kappa shape index (κ2) is 6.80. The van der Waals surface area contributed by atoms with Gasteiger partial charge in [-0.15, -0.1) is 0 Å². The molecule has 2 amide bonds. The van der Waals surface area contributed by atoms with Crippen molar-refractivity contribution in [2.24, 2.45) is 5.41 Å². The summed E-state index contributed by atoms with van der Waals surface area (Å²) in [7, 11) is 0. The number of likely N-dealkylation sites (tertiary alicyclic amines) is 1. The highest BCUT2D eigenvalue weighted by Crippen LogP contribution is 2.38. The second-order valence-electron chi connectivity index (χ2n) is 7.41. The molecule has 0 aliphatic carbocycles. The molecule has 6 nitrogen and oxygen atoms in total. The Balaban J connectivity index is 1.51. The fourth-order valence-electron chi connectivity index (χ4n) is 3.86. The zero-order valence-electron chi connectivity index (χ0n) is 15.4. The van der Waals surface area contributed by atoms with E-state index in [2.05, 4.69) is 10.4 Å². The highest BCUT2D eigenvalue weighted by molar-refractivity contribution is 5.90. The first-order valence-corrected chi connectivity index (χ1v) is 9.19. The van der Waals surface area contributed by atoms with Crippen molar-refractivity contribution in [1.29, 1.82) is 0 Å². The molecule has 0 atom stereocenters. The minimum absolute atomic E-state index is 0.0904. The third-order valence-corrected chi connectivity index (χ3v) is 5.39. The molecule has 28 heavy (non-hydrogen) atoms. The van der Waals surface area contributed by atoms with E-state index in [0.717, 1.165) is 25.2 Å². The van der Waals surface area contributed by atoms with Crippen LogP contribution >= 0.6 is 0 Å². The van der Waals surface area contributed by atoms with E-state index in [0.29, 0.717) is 43.2 Å². The van der Waals surface area contributed by atoms with Crippen LogP contribution in [0.5, 0.6) is 0 Å². The van der Waals surface area contributed by atoms with E-state index in [4.69, 9.17) is 4.74 Å². The maximum atomic E-state index is 13.0. The number of hydrogen-bond donors (Lipinski definition) is 1. The van der Waals surface area contributed by atoms with Crippen LogP contribution in [0.3, 0.4) is 0 Å². The van der Waals surface area contributed by atoms with Crippen molar-refractivity contribution in [2.45, 2.75) is 25.9 Å². The Kier molecular flexibility index (Phi) is 4.57. The molecule has 150 valence electrons. The summed E-state index contributed by atoms with van der Waals surface area (Å²) < 4.78 is 45.9. The van der Waals surface area contributed by atoms with Crippen LogP contribution < -0.4 is 5.32 Å². The Labute approximate surface area is 160 Å². The standard InChI is InChI=1S/C19H21F3N4O2/c1-2-16-15(24-17(27)25-10-18(11-25)6-7-28-12-18)9-23-26(16)14-5-3-4-13(8-14)19(20,21)22/h3-5,8-9H,2,6-7,10-12H2,1H3,(H,24,27). The van der Waals surface area contributed by atoms with Crippen molar-refractivity contribution in [3.63, 3.8) is 0 Å². The highest BCUT2D eigenvalue weighted by Gasteiger charge is 2.47. The lowest BCUT2D eigenvalue weighted by atomic mass is 9.79. The van der Waals surface area contributed by atoms with Gasteiger partial charge >= 0.3 is 12.2 Å². The number of benzene rings is 1. The number of amides is 2. The van der Waals surface area contributed by atoms with Gasteiger partial charge in [0.05, 0.1) is 35.4 Å². The first-order chi connectivity index (χ1) is 13.3. The number of halogens is 3. The molecule has 4 rings (SSSR count). The average Bonchev–Trinajstić information content (AvgIpc) is 3.26. The zero-order chi connectivity index (χ0) is 19.9. The number of carbonyl (C=O) groups excluding carboxylic acids is 1. The van der Waals surface area contributed by atoms with E-state index in [1.807, 2.05) is 6.92 Å². The number of rotatable bonds is 3. The van der Waals surface area contributed by atoms with E-state index < -0.39 is 11.7 Å². The topological polar surface area (TPSA) is 59.4 Å². The van der Waals surface area contributed by atoms with E-state index in [1.165, 1.54) is 16.9 Å². The number of aromatic nitrogens is 2. The maximum absolute atomic E-state index is 13.0. The Bertz CT molecular complexity index is 880. The molecule has 1 spiro atoms. The largest absolute Gasteiger partial charge is 0.416 e. The fourth-order valence-corrected chi connectivity index (χ4v) is 3.86. The monoisotopic (exact) mass is 394 g/mol. The summed E-state index contributed by atoms with van der Waals surface area (Å²) in [5, 5.41) is 7.05. The van der Waals surface area contributed by atoms with E-state index in [9.17, 15) is 18.0 Å². The van der Waals surface area contributed by atoms with Gasteiger partial charge in [-0.25, -0.2) is 9.48 Å². The quantitative estimate of drug-likeness (QED) is 0.864. The average molecular weight is 394 g/mol. The molecule has 0 radical (unpaired) electrons. The van der Waals surface area contributed by atoms with Crippen LogP contribution in [0.2, 0.25) is 0 Å². The molecule has 0 bridgehead atoms. The van der Waals surface area contributed by atoms with Crippen molar-refractivity contribution in [1.82, 2.24) is 14.7 Å². The van der Waals surface area contributed by atoms with Crippen LogP contribution in [0.4, 0.5) is 23.7 Å². The predicted octanol–water partition coefficient (Wildman–Crippen LogP) is 3.71. The number of nitrogens with zero attached hydrogens (tertiary/aromatic N) is 3. The van der Waals surface area contributed by atoms with Crippen molar-refractivity contribution >= 4 is 11.7 Å². The molecule has 2 fully saturated rings. The number of nitrogens with one attached hydrogen (secondary N) is 1. The minimum atomic E-state index is -4.43. The van der Waals surface area contributed by atoms with Gasteiger partial charge in [-0.05, 0) is 31.0 Å². The molecule has 2 saturated heterocycles. The van der Waals surface area contributed by atoms with Crippen LogP contribution in [-0.2, 0) is 17.3 Å². The van der Waals surface area contributed by atoms with E-state index in [-0.39, 0.29) is 11.4 Å². The summed E-state index contributed by atoms with van der Waals surface area (Å²) >= 11 is 0. The lowest BCUT2D eigenvalue weighted by molar-refractivity contribution is -0.137. The molecule has 1 aromatic heterocycles. The van der Waals surface area contributed by atoms with E-state index in [1.54, 1.807) is 11.0 Å². The number of urea groups is 1. The molecule has 1 N–H and O–H groups in total. The van der Waals surface area contributed by atoms with Crippen molar-refractivity contribution in [3.8, 4) is 5.69 Å². The third kappa shape index (κ3) is 3.34. The zero-order valence-corrected chi connectivity index (χ0v) is 15.4. The molecular formula is C19H21F3N4O2. The van der Waals surface area contributed by atoms with Gasteiger partial charge in [-0.3, -0.25) is 0 Å². The Morgan fingerprint density at radius 1 is 1.36 bits per heavy atom. The highest BCUT2D eigenvalue weighted by atomic mass is 19.4. The fraction of sp³-hybridized carbons (Fsp3) is 0.474. The van der Waals surface area contributed by atoms with Gasteiger partial charge in [-0.2, -0.15) is 18.3 Å². The normalized spacial score (nSPS) is 18.4. The van der Waals surface area contributed by atoms with Gasteiger partial charge in [0.15, 0.2) is 0 Å². The van der Waals surface area contributed by atoms with Gasteiger partial charge in [0.1, 0.15) is 0 Å². The molecule has 2 aliphatic rings. The summed E-state index contributed by atoms with van der Waals surface area (Å²) in [6, 6.07) is 4.76. The lowest BCUT2D eigenvalue weighted by Crippen LogP contribution is -2.59. The van der Waals surface area contributed by atoms with Crippen LogP contribution in [0.1, 0.15) is 24.6 Å². The Morgan fingerprint density at radius 3 is 2.79 bits per heavy atom. The first kappa shape index (κ1) is 18.8. The van der Waals surface area contributed by atoms with Crippen molar-refractivity contribution < 1.29 is 22.7 Å². The number of carbonyl (C=O) groups is 1. The Morgan fingerprint density at radius 2 is 2.14 bits per heavy atom. The van der Waals surface area contributed by atoms with Crippen LogP contribution in [0.15, 0.2) is 30.5 Å². The van der Waals surface area contributed by atoms with Gasteiger partial charge in [-0.1, -0.05) is 13.0 Å². The van der Waals surface area contributed by atoms with Crippen molar-refractivity contribution in [2.75, 3.05) is 31.6 Å². The second-order valence-corrected chi connectivity index (χ2v) is 7.41. The van der Waals surface area contributed by atoms with E-state index >= 15 is 0 Å². The lowest BCUT2D eigenvalue weighted by Gasteiger charge is -2.46. The third-order valence-electron chi connectivity index (χ3n) is 5.39. The predicted molar refractivity (Wildman–Crippen MR) is 96.4 cm³/mol. The minimum Gasteiger partial charge on any atom is -0.381 e. The molecule has 2 aromatic rings. The molecular weight excluding hydrogens is 373 g/mol. The summed E-state index contributed by atoms with van der Waals surface area (Å²) in [4.78, 5) is 14.2. The van der Waals surface area contributed by atoms with Crippen LogP contribution in [-0.4, -0.2) is 47.0 Å². The van der Waals surface area contributed by atoms with Crippen LogP contribution in [0.25, 0.3) is 5.69 Å². The molecule has 1 aromatic carbocycles. The molecule has 0 saturated carbocycles. The molecule has 2 aliphatic heterocycles. The molecule has 0 unspecified atom stereocenters. The SMILES string of the molecule is CCc1c(NC(=O)N2CC3(CCOC3)C2)cnn1-c1cccc(C(F)(F)F)c1. The van der Waals surface area contributed by atoms with Gasteiger partial charge in [0.25, 0.3) is 0 Å². The van der Waals surface area contributed by atoms with Crippen LogP contribution in [0, 0.1) is 5.41 Å². The summed E-state index contributed by atoms with van der Waals surface area (Å²) in [6.07, 6.45) is -1.48. The summed E-state index contributed by atoms with van der Waals surface area (Å²) in [5.74, 6) is 0. The van der Waals surface area contributed by atoms with Crippen molar-refractivity contribution in [3.05, 3.63) is 41.7 Å². The molecule has 3 heterocycles. The number of hydrogen-bond acceptors (Lipinski definition) is 3. The Hall–Kier alpha value is -2.55. The van der Waals surface area contributed by atoms with Gasteiger partial charge < -0.3 is 15.0 Å². The number of alkyl halides is 3. The van der Waals surface area contributed by atoms with Gasteiger partial charge in [0, 0.05) is 25.1 Å². The summed E-state index contributed by atoms with van der Waals surface area (Å²) in [5.41, 5.74) is 0.810.